The number of thioether (sulfide) groups is 1. The standard InChI is InChI=1S/C11H18N6OS/c1-8-9(17-10(5-18)16-8)6-19-4-3-14-11(13-2)15-7-12/h18H,3-6H2,1-2H3,(H,16,17)(H2,13,14,15). The second-order valence-corrected chi connectivity index (χ2v) is 4.81. The molecule has 1 heterocycles. The lowest BCUT2D eigenvalue weighted by atomic mass is 10.4. The quantitative estimate of drug-likeness (QED) is 0.194. The highest BCUT2D eigenvalue weighted by Gasteiger charge is 2.05. The van der Waals surface area contributed by atoms with Gasteiger partial charge in [0.2, 0.25) is 5.96 Å². The van der Waals surface area contributed by atoms with Crippen LogP contribution in [0.2, 0.25) is 0 Å². The highest BCUT2D eigenvalue weighted by atomic mass is 32.2. The molecule has 0 bridgehead atoms. The lowest BCUT2D eigenvalue weighted by molar-refractivity contribution is 0.272. The molecule has 8 heteroatoms. The van der Waals surface area contributed by atoms with Gasteiger partial charge in [-0.05, 0) is 6.92 Å². The molecule has 0 unspecified atom stereocenters. The molecule has 0 aliphatic carbocycles. The van der Waals surface area contributed by atoms with Crippen LogP contribution in [-0.4, -0.2) is 40.4 Å². The Kier molecular flexibility index (Phi) is 6.78. The average molecular weight is 282 g/mol. The highest BCUT2D eigenvalue weighted by Crippen LogP contribution is 2.13. The lowest BCUT2D eigenvalue weighted by Gasteiger charge is -2.06. The van der Waals surface area contributed by atoms with E-state index in [1.54, 1.807) is 18.8 Å². The Morgan fingerprint density at radius 1 is 1.63 bits per heavy atom. The molecule has 19 heavy (non-hydrogen) atoms. The maximum atomic E-state index is 8.97. The third kappa shape index (κ3) is 5.19. The Hall–Kier alpha value is -1.72. The smallest absolute Gasteiger partial charge is 0.204 e. The SMILES string of the molecule is CN=C(NC#N)NCCSCc1nc(CO)[nH]c1C. The van der Waals surface area contributed by atoms with Crippen molar-refractivity contribution >= 4 is 17.7 Å². The van der Waals surface area contributed by atoms with Gasteiger partial charge in [0.1, 0.15) is 12.4 Å². The maximum Gasteiger partial charge on any atom is 0.204 e. The van der Waals surface area contributed by atoms with E-state index >= 15 is 0 Å². The zero-order valence-corrected chi connectivity index (χ0v) is 11.8. The van der Waals surface area contributed by atoms with Crippen molar-refractivity contribution in [3.63, 3.8) is 0 Å². The van der Waals surface area contributed by atoms with E-state index in [-0.39, 0.29) is 6.61 Å². The van der Waals surface area contributed by atoms with E-state index < -0.39 is 0 Å². The van der Waals surface area contributed by atoms with E-state index in [0.29, 0.717) is 18.3 Å². The van der Waals surface area contributed by atoms with Crippen LogP contribution in [0, 0.1) is 18.4 Å². The summed E-state index contributed by atoms with van der Waals surface area (Å²) in [6.07, 6.45) is 1.81. The molecule has 0 aliphatic rings. The normalized spacial score (nSPS) is 11.2. The summed E-state index contributed by atoms with van der Waals surface area (Å²) in [6.45, 7) is 2.59. The van der Waals surface area contributed by atoms with Crippen LogP contribution in [0.15, 0.2) is 4.99 Å². The van der Waals surface area contributed by atoms with Gasteiger partial charge in [-0.1, -0.05) is 0 Å². The minimum atomic E-state index is -0.0663. The summed E-state index contributed by atoms with van der Waals surface area (Å²) < 4.78 is 0. The molecule has 0 spiro atoms. The number of nitrogens with zero attached hydrogens (tertiary/aromatic N) is 3. The van der Waals surface area contributed by atoms with Crippen LogP contribution in [0.25, 0.3) is 0 Å². The number of aryl methyl sites for hydroxylation is 1. The molecule has 1 aromatic rings. The molecule has 0 aromatic carbocycles. The van der Waals surface area contributed by atoms with Crippen molar-refractivity contribution in [1.29, 1.82) is 5.26 Å². The summed E-state index contributed by atoms with van der Waals surface area (Å²) in [5.74, 6) is 2.73. The van der Waals surface area contributed by atoms with Gasteiger partial charge >= 0.3 is 0 Å². The van der Waals surface area contributed by atoms with E-state index in [0.717, 1.165) is 22.9 Å². The molecule has 104 valence electrons. The average Bonchev–Trinajstić information content (AvgIpc) is 2.78. The number of aliphatic hydroxyl groups is 1. The number of hydrogen-bond acceptors (Lipinski definition) is 5. The first kappa shape index (κ1) is 15.3. The van der Waals surface area contributed by atoms with Crippen molar-refractivity contribution < 1.29 is 5.11 Å². The van der Waals surface area contributed by atoms with Gasteiger partial charge in [-0.25, -0.2) is 4.98 Å². The largest absolute Gasteiger partial charge is 0.388 e. The van der Waals surface area contributed by atoms with Crippen LogP contribution < -0.4 is 10.6 Å². The van der Waals surface area contributed by atoms with Crippen LogP contribution in [0.5, 0.6) is 0 Å². The highest BCUT2D eigenvalue weighted by molar-refractivity contribution is 7.98. The predicted molar refractivity (Wildman–Crippen MR) is 75.5 cm³/mol. The summed E-state index contributed by atoms with van der Waals surface area (Å²) in [7, 11) is 1.61. The topological polar surface area (TPSA) is 109 Å². The lowest BCUT2D eigenvalue weighted by Crippen LogP contribution is -2.35. The van der Waals surface area contributed by atoms with Crippen molar-refractivity contribution in [2.75, 3.05) is 19.3 Å². The van der Waals surface area contributed by atoms with Crippen LogP contribution in [-0.2, 0) is 12.4 Å². The number of aromatic nitrogens is 2. The third-order valence-electron chi connectivity index (χ3n) is 2.36. The summed E-state index contributed by atoms with van der Waals surface area (Å²) in [4.78, 5) is 11.2. The van der Waals surface area contributed by atoms with E-state index in [1.807, 2.05) is 13.1 Å². The minimum Gasteiger partial charge on any atom is -0.388 e. The van der Waals surface area contributed by atoms with Gasteiger partial charge < -0.3 is 15.4 Å². The van der Waals surface area contributed by atoms with Crippen LogP contribution >= 0.6 is 11.8 Å². The molecule has 1 rings (SSSR count). The molecule has 0 radical (unpaired) electrons. The van der Waals surface area contributed by atoms with Crippen molar-refractivity contribution in [1.82, 2.24) is 20.6 Å². The number of aromatic amines is 1. The number of rotatable bonds is 6. The third-order valence-corrected chi connectivity index (χ3v) is 3.33. The Morgan fingerprint density at radius 3 is 3.00 bits per heavy atom. The monoisotopic (exact) mass is 282 g/mol. The van der Waals surface area contributed by atoms with Gasteiger partial charge in [-0.2, -0.15) is 17.0 Å². The molecular formula is C11H18N6OS. The van der Waals surface area contributed by atoms with E-state index in [2.05, 4.69) is 25.6 Å². The van der Waals surface area contributed by atoms with Crippen LogP contribution in [0.3, 0.4) is 0 Å². The summed E-state index contributed by atoms with van der Waals surface area (Å²) >= 11 is 1.72. The Labute approximate surface area is 116 Å². The van der Waals surface area contributed by atoms with Crippen molar-refractivity contribution in [3.8, 4) is 6.19 Å². The van der Waals surface area contributed by atoms with Crippen LogP contribution in [0.1, 0.15) is 17.2 Å². The minimum absolute atomic E-state index is 0.0663. The first-order chi connectivity index (χ1) is 9.21. The number of guanidine groups is 1. The summed E-state index contributed by atoms with van der Waals surface area (Å²) in [5, 5.41) is 22.9. The molecule has 7 nitrogen and oxygen atoms in total. The van der Waals surface area contributed by atoms with Crippen molar-refractivity contribution in [2.45, 2.75) is 19.3 Å². The fourth-order valence-electron chi connectivity index (χ4n) is 1.42. The summed E-state index contributed by atoms with van der Waals surface area (Å²) in [5.41, 5.74) is 1.96. The number of imidazole rings is 1. The van der Waals surface area contributed by atoms with E-state index in [9.17, 15) is 0 Å². The molecule has 0 aliphatic heterocycles. The zero-order valence-electron chi connectivity index (χ0n) is 11.0. The molecule has 0 fully saturated rings. The number of nitrogens with one attached hydrogen (secondary N) is 3. The van der Waals surface area contributed by atoms with E-state index in [4.69, 9.17) is 10.4 Å². The molecule has 0 saturated heterocycles. The molecule has 0 saturated carbocycles. The second-order valence-electron chi connectivity index (χ2n) is 3.70. The maximum absolute atomic E-state index is 8.97. The van der Waals surface area contributed by atoms with Gasteiger partial charge in [0.05, 0.1) is 5.69 Å². The Balaban J connectivity index is 2.24. The zero-order chi connectivity index (χ0) is 14.1. The number of hydrogen-bond donors (Lipinski definition) is 4. The number of H-pyrrole nitrogens is 1. The first-order valence-electron chi connectivity index (χ1n) is 5.80. The number of aliphatic imine (C=N–C) groups is 1. The molecular weight excluding hydrogens is 264 g/mol. The molecule has 4 N–H and O–H groups in total. The van der Waals surface area contributed by atoms with Crippen LogP contribution in [0.4, 0.5) is 0 Å². The number of nitriles is 1. The molecule has 0 atom stereocenters. The van der Waals surface area contributed by atoms with Crippen molar-refractivity contribution in [3.05, 3.63) is 17.2 Å². The number of aliphatic hydroxyl groups excluding tert-OH is 1. The fraction of sp³-hybridized carbons (Fsp3) is 0.545. The van der Waals surface area contributed by atoms with Gasteiger partial charge in [0, 0.05) is 30.8 Å². The fourth-order valence-corrected chi connectivity index (χ4v) is 2.29. The summed E-state index contributed by atoms with van der Waals surface area (Å²) in [6, 6.07) is 0. The molecule has 0 amide bonds. The molecule has 1 aromatic heterocycles. The Bertz CT molecular complexity index is 464. The first-order valence-corrected chi connectivity index (χ1v) is 6.95. The van der Waals surface area contributed by atoms with Gasteiger partial charge in [0.15, 0.2) is 6.19 Å². The Morgan fingerprint density at radius 2 is 2.42 bits per heavy atom. The van der Waals surface area contributed by atoms with E-state index in [1.165, 1.54) is 0 Å². The predicted octanol–water partition coefficient (Wildman–Crippen LogP) is 0.0897. The van der Waals surface area contributed by atoms with Gasteiger partial charge in [-0.15, -0.1) is 0 Å². The van der Waals surface area contributed by atoms with Gasteiger partial charge in [0.25, 0.3) is 0 Å². The van der Waals surface area contributed by atoms with Gasteiger partial charge in [-0.3, -0.25) is 10.3 Å². The van der Waals surface area contributed by atoms with Crippen molar-refractivity contribution in [2.24, 2.45) is 4.99 Å². The second kappa shape index (κ2) is 8.39.